The zero-order chi connectivity index (χ0) is 30.6. The number of pyridine rings is 1. The molecule has 7 rings (SSSR count). The van der Waals surface area contributed by atoms with Crippen LogP contribution >= 0.6 is 0 Å². The van der Waals surface area contributed by atoms with Crippen molar-refractivity contribution in [3.05, 3.63) is 82.7 Å². The van der Waals surface area contributed by atoms with Crippen LogP contribution in [0.1, 0.15) is 85.3 Å². The molecule has 2 amide bonds. The molecule has 0 bridgehead atoms. The van der Waals surface area contributed by atoms with Gasteiger partial charge in [-0.2, -0.15) is 0 Å². The molecule has 2 saturated carbocycles. The molecule has 1 saturated heterocycles. The summed E-state index contributed by atoms with van der Waals surface area (Å²) in [5.41, 5.74) is 6.30. The zero-order valence-electron chi connectivity index (χ0n) is 25.9. The third-order valence-electron chi connectivity index (χ3n) is 9.50. The first-order chi connectivity index (χ1) is 21.1. The molecule has 1 N–H and O–H groups in total. The van der Waals surface area contributed by atoms with E-state index in [1.807, 2.05) is 42.6 Å². The number of hydrogen-bond donors (Lipinski definition) is 1. The summed E-state index contributed by atoms with van der Waals surface area (Å²) in [5, 5.41) is 3.20. The Kier molecular flexibility index (Phi) is 6.99. The van der Waals surface area contributed by atoms with Crippen molar-refractivity contribution in [1.29, 1.82) is 0 Å². The predicted octanol–water partition coefficient (Wildman–Crippen LogP) is 5.39. The molecule has 2 aromatic heterocycles. The van der Waals surface area contributed by atoms with E-state index in [1.54, 1.807) is 12.5 Å². The van der Waals surface area contributed by atoms with E-state index in [0.717, 1.165) is 64.9 Å². The van der Waals surface area contributed by atoms with Gasteiger partial charge in [-0.05, 0) is 80.9 Å². The Morgan fingerprint density at radius 3 is 2.43 bits per heavy atom. The molecule has 0 spiro atoms. The first-order valence-electron chi connectivity index (χ1n) is 15.6. The van der Waals surface area contributed by atoms with Crippen molar-refractivity contribution in [3.8, 4) is 0 Å². The summed E-state index contributed by atoms with van der Waals surface area (Å²) in [5.74, 6) is 0. The normalized spacial score (nSPS) is 22.0. The second-order valence-electron chi connectivity index (χ2n) is 13.3. The summed E-state index contributed by atoms with van der Waals surface area (Å²) < 4.78 is 13.5. The van der Waals surface area contributed by atoms with Crippen LogP contribution in [0.2, 0.25) is 0 Å². The predicted molar refractivity (Wildman–Crippen MR) is 166 cm³/mol. The summed E-state index contributed by atoms with van der Waals surface area (Å²) in [4.78, 5) is 39.7. The lowest BCUT2D eigenvalue weighted by Crippen LogP contribution is -2.50. The van der Waals surface area contributed by atoms with Gasteiger partial charge in [0, 0.05) is 39.4 Å². The fraction of sp³-hybridized carbons (Fsp3) is 0.471. The Labute approximate surface area is 258 Å². The van der Waals surface area contributed by atoms with E-state index < -0.39 is 17.7 Å². The first kappa shape index (κ1) is 28.6. The molecule has 3 heterocycles. The van der Waals surface area contributed by atoms with E-state index in [4.69, 9.17) is 14.5 Å². The minimum absolute atomic E-state index is 0.140. The highest BCUT2D eigenvalue weighted by Crippen LogP contribution is 2.45. The van der Waals surface area contributed by atoms with Gasteiger partial charge >= 0.3 is 12.2 Å². The smallest absolute Gasteiger partial charge is 0.410 e. The van der Waals surface area contributed by atoms with Gasteiger partial charge < -0.3 is 24.3 Å². The Morgan fingerprint density at radius 1 is 1.02 bits per heavy atom. The number of amides is 2. The number of carbonyl (C=O) groups is 2. The monoisotopic (exact) mass is 596 g/mol. The third kappa shape index (κ3) is 5.58. The summed E-state index contributed by atoms with van der Waals surface area (Å²) in [6, 6.07) is 9.90. The molecule has 230 valence electrons. The maximum absolute atomic E-state index is 13.3. The molecule has 0 unspecified atom stereocenters. The molecule has 10 nitrogen and oxygen atoms in total. The minimum Gasteiger partial charge on any atom is -0.443 e. The molecule has 3 aliphatic carbocycles. The van der Waals surface area contributed by atoms with Crippen molar-refractivity contribution < 1.29 is 19.1 Å². The van der Waals surface area contributed by atoms with Gasteiger partial charge in [0.1, 0.15) is 11.2 Å². The second-order valence-corrected chi connectivity index (χ2v) is 13.3. The van der Waals surface area contributed by atoms with Crippen molar-refractivity contribution in [2.45, 2.75) is 69.7 Å². The van der Waals surface area contributed by atoms with Crippen LogP contribution in [-0.2, 0) is 16.5 Å². The van der Waals surface area contributed by atoms with Crippen LogP contribution in [0.4, 0.5) is 9.59 Å². The number of ether oxygens (including phenoxy) is 2. The molecule has 4 aliphatic rings. The van der Waals surface area contributed by atoms with E-state index in [2.05, 4.69) is 52.5 Å². The van der Waals surface area contributed by atoms with Crippen molar-refractivity contribution in [2.24, 2.45) is 7.05 Å². The second kappa shape index (κ2) is 10.8. The number of alkyl carbamates (subject to hydrolysis) is 1. The van der Waals surface area contributed by atoms with Gasteiger partial charge in [-0.25, -0.2) is 14.6 Å². The van der Waals surface area contributed by atoms with Crippen molar-refractivity contribution >= 4 is 23.8 Å². The number of hydrogen-bond acceptors (Lipinski definition) is 7. The van der Waals surface area contributed by atoms with Crippen LogP contribution in [-0.4, -0.2) is 73.9 Å². The number of imidazole rings is 1. The van der Waals surface area contributed by atoms with Crippen LogP contribution < -0.4 is 5.32 Å². The van der Waals surface area contributed by atoms with Gasteiger partial charge in [-0.3, -0.25) is 9.88 Å². The highest BCUT2D eigenvalue weighted by Gasteiger charge is 2.44. The van der Waals surface area contributed by atoms with E-state index >= 15 is 0 Å². The lowest BCUT2D eigenvalue weighted by atomic mass is 9.88. The fourth-order valence-corrected chi connectivity index (χ4v) is 6.26. The van der Waals surface area contributed by atoms with Crippen LogP contribution in [0.25, 0.3) is 11.6 Å². The van der Waals surface area contributed by atoms with E-state index in [9.17, 15) is 9.59 Å². The van der Waals surface area contributed by atoms with Crippen LogP contribution in [0.5, 0.6) is 0 Å². The maximum atomic E-state index is 13.3. The number of nitrogens with one attached hydrogen (secondary N) is 1. The maximum Gasteiger partial charge on any atom is 0.410 e. The number of aryl methyl sites for hydroxylation is 2. The van der Waals surface area contributed by atoms with Crippen LogP contribution in [0, 0.1) is 6.92 Å². The Hall–Kier alpha value is -4.18. The first-order valence-corrected chi connectivity index (χ1v) is 15.6. The van der Waals surface area contributed by atoms with E-state index in [0.29, 0.717) is 26.2 Å². The van der Waals surface area contributed by atoms with Crippen molar-refractivity contribution in [3.63, 3.8) is 0 Å². The summed E-state index contributed by atoms with van der Waals surface area (Å²) in [6.07, 6.45) is 10.5. The van der Waals surface area contributed by atoms with Gasteiger partial charge in [0.05, 0.1) is 36.0 Å². The largest absolute Gasteiger partial charge is 0.443 e. The summed E-state index contributed by atoms with van der Waals surface area (Å²) in [6.45, 7) is 8.58. The van der Waals surface area contributed by atoms with Gasteiger partial charge in [-0.1, -0.05) is 29.8 Å². The quantitative estimate of drug-likeness (QED) is 0.407. The Morgan fingerprint density at radius 2 is 1.75 bits per heavy atom. The summed E-state index contributed by atoms with van der Waals surface area (Å²) >= 11 is 0. The Bertz CT molecular complexity index is 1630. The molecule has 3 fully saturated rings. The highest BCUT2D eigenvalue weighted by atomic mass is 16.6. The zero-order valence-corrected chi connectivity index (χ0v) is 25.9. The Balaban J connectivity index is 1.26. The standard InChI is InChI=1S/C34H40N6O4/c1-22-7-8-24-25(18-22)26(29(27-20-35-21-38(27)4)37-31(41)43-33(2)9-10-33)19-23-6-5-13-36-28(23)30(24)39-14-16-40(17-15-39)32(42)44-34(3)11-12-34/h5-8,13,18-21,29-30H,9-12,14-17H2,1-4H3,(H,37,41)/t29-,30+/m1/s1. The number of fused-ring (bicyclic) bond motifs is 2. The molecular weight excluding hydrogens is 556 g/mol. The lowest BCUT2D eigenvalue weighted by molar-refractivity contribution is 0.0380. The average Bonchev–Trinajstić information content (AvgIpc) is 3.88. The van der Waals surface area contributed by atoms with Gasteiger partial charge in [0.2, 0.25) is 0 Å². The highest BCUT2D eigenvalue weighted by molar-refractivity contribution is 5.90. The molecule has 10 heteroatoms. The van der Waals surface area contributed by atoms with Crippen LogP contribution in [0.15, 0.2) is 49.1 Å². The number of nitrogens with zero attached hydrogens (tertiary/aromatic N) is 5. The summed E-state index contributed by atoms with van der Waals surface area (Å²) in [7, 11) is 1.94. The molecule has 3 aromatic rings. The lowest BCUT2D eigenvalue weighted by Gasteiger charge is -2.39. The molecular formula is C34H40N6O4. The number of aromatic nitrogens is 3. The van der Waals surface area contributed by atoms with Gasteiger partial charge in [-0.15, -0.1) is 0 Å². The molecule has 0 radical (unpaired) electrons. The average molecular weight is 597 g/mol. The topological polar surface area (TPSA) is 102 Å². The minimum atomic E-state index is -0.514. The number of piperazine rings is 1. The van der Waals surface area contributed by atoms with E-state index in [1.165, 1.54) is 0 Å². The van der Waals surface area contributed by atoms with E-state index in [-0.39, 0.29) is 17.7 Å². The SMILES string of the molecule is Cc1ccc2c(c1)C([C@@H](NC(=O)OC1(C)CC1)c1cncn1C)=Cc1cccnc1[C@H]2N1CCN(C(=O)OC2(C)CC2)CC1. The number of rotatable bonds is 6. The molecule has 1 aliphatic heterocycles. The number of benzene rings is 1. The van der Waals surface area contributed by atoms with Crippen LogP contribution in [0.3, 0.4) is 0 Å². The van der Waals surface area contributed by atoms with Crippen molar-refractivity contribution in [1.82, 2.24) is 29.7 Å². The van der Waals surface area contributed by atoms with Crippen molar-refractivity contribution in [2.75, 3.05) is 26.2 Å². The van der Waals surface area contributed by atoms with Gasteiger partial charge in [0.15, 0.2) is 0 Å². The fourth-order valence-electron chi connectivity index (χ4n) is 6.26. The molecule has 2 atom stereocenters. The number of carbonyl (C=O) groups excluding carboxylic acids is 2. The molecule has 1 aromatic carbocycles. The van der Waals surface area contributed by atoms with Gasteiger partial charge in [0.25, 0.3) is 0 Å². The molecule has 44 heavy (non-hydrogen) atoms. The third-order valence-corrected chi connectivity index (χ3v) is 9.50.